The van der Waals surface area contributed by atoms with E-state index in [1.807, 2.05) is 56.3 Å². The van der Waals surface area contributed by atoms with E-state index in [0.29, 0.717) is 24.2 Å². The Bertz CT molecular complexity index is 3250. The minimum absolute atomic E-state index is 0.00126. The quantitative estimate of drug-likeness (QED) is 0.110. The number of nitrogens with one attached hydrogen (secondary N) is 2. The Balaban J connectivity index is 0.920. The summed E-state index contributed by atoms with van der Waals surface area (Å²) in [7, 11) is 2.86. The molecule has 0 saturated carbocycles. The number of benzene rings is 8. The van der Waals surface area contributed by atoms with E-state index >= 15 is 0 Å². The third-order valence-electron chi connectivity index (χ3n) is 14.7. The van der Waals surface area contributed by atoms with Crippen LogP contribution in [0.2, 0.25) is 0 Å². The van der Waals surface area contributed by atoms with Crippen molar-refractivity contribution in [1.82, 2.24) is 10.6 Å². The van der Waals surface area contributed by atoms with Crippen molar-refractivity contribution in [3.05, 3.63) is 213 Å². The van der Waals surface area contributed by atoms with Crippen LogP contribution in [0.15, 0.2) is 158 Å². The zero-order chi connectivity index (χ0) is 48.5. The lowest BCUT2D eigenvalue weighted by Gasteiger charge is -2.34. The summed E-state index contributed by atoms with van der Waals surface area (Å²) in [6, 6.07) is 55.4. The number of carbonyl (C=O) groups is 2. The molecule has 0 spiro atoms. The Morgan fingerprint density at radius 3 is 1.71 bits per heavy atom. The standard InChI is InChI=1S/C62H60N2O6/c1-37-24-26-42(30-55(37)61(65)67-5)57-33-45(69-59-23-10-9-17-53(57)59)35-64-40(4)48-19-12-22-52-50(20-13-21-51(48)52)44-28-29-54-58(43-27-25-38(2)56(31-43)62(66)68-6)34-46(70-60(54)32-44)36-63-39(3)47-18-11-15-41-14-7-8-16-49(41)47/h7-32,39-40,45-46,57-58,63-64H,33-36H2,1-6H3/t39-,40-,45+,46+,57-,58+/m1/s1. The molecule has 0 saturated heterocycles. The number of aryl methyl sites for hydroxylation is 2. The molecule has 0 amide bonds. The van der Waals surface area contributed by atoms with Crippen LogP contribution in [-0.4, -0.2) is 51.5 Å². The van der Waals surface area contributed by atoms with Gasteiger partial charge in [-0.15, -0.1) is 0 Å². The lowest BCUT2D eigenvalue weighted by Crippen LogP contribution is -2.37. The van der Waals surface area contributed by atoms with Crippen molar-refractivity contribution in [2.75, 3.05) is 27.3 Å². The maximum absolute atomic E-state index is 12.9. The van der Waals surface area contributed by atoms with Crippen LogP contribution in [0.5, 0.6) is 11.5 Å². The van der Waals surface area contributed by atoms with E-state index in [2.05, 4.69) is 140 Å². The van der Waals surface area contributed by atoms with E-state index in [0.717, 1.165) is 74.2 Å². The molecule has 8 nitrogen and oxygen atoms in total. The number of methoxy groups -OCH3 is 2. The number of rotatable bonds is 13. The lowest BCUT2D eigenvalue weighted by molar-refractivity contribution is 0.0590. The van der Waals surface area contributed by atoms with Gasteiger partial charge < -0.3 is 29.6 Å². The number of hydrogen-bond donors (Lipinski definition) is 2. The molecular formula is C62H60N2O6. The normalized spacial score (nSPS) is 18.2. The first-order valence-corrected chi connectivity index (χ1v) is 24.5. The van der Waals surface area contributed by atoms with Gasteiger partial charge in [-0.1, -0.05) is 133 Å². The van der Waals surface area contributed by atoms with Crippen LogP contribution in [0, 0.1) is 13.8 Å². The first-order chi connectivity index (χ1) is 34.1. The van der Waals surface area contributed by atoms with E-state index in [1.165, 1.54) is 41.5 Å². The topological polar surface area (TPSA) is 95.1 Å². The molecule has 10 rings (SSSR count). The van der Waals surface area contributed by atoms with E-state index in [9.17, 15) is 9.59 Å². The molecule has 2 aliphatic heterocycles. The van der Waals surface area contributed by atoms with Crippen molar-refractivity contribution in [2.24, 2.45) is 0 Å². The van der Waals surface area contributed by atoms with Crippen LogP contribution >= 0.6 is 0 Å². The molecule has 0 aromatic heterocycles. The predicted molar refractivity (Wildman–Crippen MR) is 279 cm³/mol. The summed E-state index contributed by atoms with van der Waals surface area (Å²) >= 11 is 0. The molecule has 6 atom stereocenters. The van der Waals surface area contributed by atoms with Crippen LogP contribution in [0.3, 0.4) is 0 Å². The van der Waals surface area contributed by atoms with Crippen molar-refractivity contribution in [1.29, 1.82) is 0 Å². The summed E-state index contributed by atoms with van der Waals surface area (Å²) < 4.78 is 24.0. The van der Waals surface area contributed by atoms with Gasteiger partial charge in [0.15, 0.2) is 0 Å². The van der Waals surface area contributed by atoms with Gasteiger partial charge in [-0.05, 0) is 131 Å². The Hall–Kier alpha value is -7.26. The highest BCUT2D eigenvalue weighted by atomic mass is 16.5. The number of fused-ring (bicyclic) bond motifs is 4. The van der Waals surface area contributed by atoms with Crippen molar-refractivity contribution < 1.29 is 28.5 Å². The van der Waals surface area contributed by atoms with Gasteiger partial charge in [-0.3, -0.25) is 0 Å². The summed E-state index contributed by atoms with van der Waals surface area (Å²) in [5, 5.41) is 12.5. The van der Waals surface area contributed by atoms with Crippen molar-refractivity contribution in [2.45, 2.75) is 76.7 Å². The first-order valence-electron chi connectivity index (χ1n) is 24.5. The predicted octanol–water partition coefficient (Wildman–Crippen LogP) is 13.1. The van der Waals surface area contributed by atoms with Crippen molar-refractivity contribution in [3.63, 3.8) is 0 Å². The minimum Gasteiger partial charge on any atom is -0.489 e. The fourth-order valence-electron chi connectivity index (χ4n) is 10.9. The SMILES string of the molecule is COC(=O)c1cc([C@H]2C[C@@H](CN[C@H](C)c3cccc4c(-c5ccc6c(c5)O[C@H](CN[C@H](C)c5cccc7ccccc57)C[C@H]6c5ccc(C)c(C(=O)OC)c5)cccc34)Oc3ccccc32)ccc1C. The molecule has 70 heavy (non-hydrogen) atoms. The maximum atomic E-state index is 12.9. The van der Waals surface area contributed by atoms with Gasteiger partial charge in [0, 0.05) is 48.1 Å². The van der Waals surface area contributed by atoms with E-state index in [4.69, 9.17) is 18.9 Å². The number of para-hydroxylation sites is 1. The highest BCUT2D eigenvalue weighted by Gasteiger charge is 2.33. The summed E-state index contributed by atoms with van der Waals surface area (Å²) in [5.41, 5.74) is 12.0. The second-order valence-electron chi connectivity index (χ2n) is 19.1. The van der Waals surface area contributed by atoms with E-state index in [-0.39, 0.29) is 48.1 Å². The molecule has 2 N–H and O–H groups in total. The highest BCUT2D eigenvalue weighted by molar-refractivity contribution is 5.99. The Kier molecular flexibility index (Phi) is 13.3. The first kappa shape index (κ1) is 46.5. The molecular weight excluding hydrogens is 869 g/mol. The smallest absolute Gasteiger partial charge is 0.338 e. The van der Waals surface area contributed by atoms with Gasteiger partial charge >= 0.3 is 11.9 Å². The van der Waals surface area contributed by atoms with E-state index in [1.54, 1.807) is 0 Å². The average Bonchev–Trinajstić information content (AvgIpc) is 3.40. The number of ether oxygens (including phenoxy) is 4. The van der Waals surface area contributed by atoms with Crippen LogP contribution in [0.4, 0.5) is 0 Å². The van der Waals surface area contributed by atoms with Crippen molar-refractivity contribution >= 4 is 33.5 Å². The molecule has 8 heteroatoms. The van der Waals surface area contributed by atoms with Gasteiger partial charge in [-0.2, -0.15) is 0 Å². The Labute approximate surface area is 411 Å². The van der Waals surface area contributed by atoms with E-state index < -0.39 is 0 Å². The van der Waals surface area contributed by atoms with Gasteiger partial charge in [-0.25, -0.2) is 9.59 Å². The third-order valence-corrected chi connectivity index (χ3v) is 14.7. The van der Waals surface area contributed by atoms with Crippen LogP contribution in [0.1, 0.15) is 116 Å². The summed E-state index contributed by atoms with van der Waals surface area (Å²) in [6.07, 6.45) is 1.28. The molecule has 2 heterocycles. The fraction of sp³-hybridized carbons (Fsp3) is 0.258. The number of carbonyl (C=O) groups excluding carboxylic acids is 2. The van der Waals surface area contributed by atoms with Gasteiger partial charge in [0.1, 0.15) is 23.7 Å². The molecule has 354 valence electrons. The molecule has 0 aliphatic carbocycles. The van der Waals surface area contributed by atoms with Gasteiger partial charge in [0.05, 0.1) is 25.3 Å². The number of hydrogen-bond acceptors (Lipinski definition) is 8. The zero-order valence-corrected chi connectivity index (χ0v) is 40.8. The average molecular weight is 929 g/mol. The Morgan fingerprint density at radius 2 is 1.06 bits per heavy atom. The summed E-state index contributed by atoms with van der Waals surface area (Å²) in [4.78, 5) is 25.6. The third kappa shape index (κ3) is 9.17. The Morgan fingerprint density at radius 1 is 0.543 bits per heavy atom. The molecule has 8 aromatic carbocycles. The van der Waals surface area contributed by atoms with Crippen LogP contribution in [-0.2, 0) is 9.47 Å². The molecule has 0 unspecified atom stereocenters. The zero-order valence-electron chi connectivity index (χ0n) is 40.8. The van der Waals surface area contributed by atoms with Gasteiger partial charge in [0.25, 0.3) is 0 Å². The van der Waals surface area contributed by atoms with Gasteiger partial charge in [0.2, 0.25) is 0 Å². The lowest BCUT2D eigenvalue weighted by atomic mass is 9.82. The second kappa shape index (κ2) is 20.0. The fourth-order valence-corrected chi connectivity index (χ4v) is 10.9. The largest absolute Gasteiger partial charge is 0.489 e. The van der Waals surface area contributed by atoms with Crippen LogP contribution in [0.25, 0.3) is 32.7 Å². The molecule has 0 fully saturated rings. The molecule has 0 bridgehead atoms. The number of esters is 2. The highest BCUT2D eigenvalue weighted by Crippen LogP contribution is 2.45. The maximum Gasteiger partial charge on any atom is 0.338 e. The summed E-state index contributed by atoms with van der Waals surface area (Å²) in [6.45, 7) is 9.61. The van der Waals surface area contributed by atoms with Crippen molar-refractivity contribution in [3.8, 4) is 22.6 Å². The monoisotopic (exact) mass is 928 g/mol. The minimum atomic E-state index is -0.333. The second-order valence-corrected chi connectivity index (χ2v) is 19.1. The summed E-state index contributed by atoms with van der Waals surface area (Å²) in [5.74, 6) is 1.12. The van der Waals surface area contributed by atoms with Crippen LogP contribution < -0.4 is 20.1 Å². The molecule has 0 radical (unpaired) electrons. The molecule has 8 aromatic rings. The molecule has 2 aliphatic rings.